The quantitative estimate of drug-likeness (QED) is 0.411. The van der Waals surface area contributed by atoms with Gasteiger partial charge in [-0.1, -0.05) is 6.07 Å². The van der Waals surface area contributed by atoms with Crippen LogP contribution in [-0.4, -0.2) is 21.8 Å². The molecule has 7 nitrogen and oxygen atoms in total. The van der Waals surface area contributed by atoms with Crippen molar-refractivity contribution in [3.8, 4) is 21.8 Å². The lowest BCUT2D eigenvalue weighted by atomic mass is 10.1. The van der Waals surface area contributed by atoms with E-state index in [0.717, 1.165) is 16.2 Å². The Labute approximate surface area is 183 Å². The summed E-state index contributed by atoms with van der Waals surface area (Å²) < 4.78 is 14.4. The molecule has 0 saturated carbocycles. The fourth-order valence-corrected chi connectivity index (χ4v) is 4.26. The van der Waals surface area contributed by atoms with E-state index in [1.165, 1.54) is 36.5 Å². The average Bonchev–Trinajstić information content (AvgIpc) is 3.40. The minimum atomic E-state index is -0.610. The lowest BCUT2D eigenvalue weighted by Crippen LogP contribution is -2.23. The molecular formula is C21H15FN4O3S2. The summed E-state index contributed by atoms with van der Waals surface area (Å²) in [6.45, 7) is 1.34. The summed E-state index contributed by atoms with van der Waals surface area (Å²) in [4.78, 5) is 43.8. The maximum Gasteiger partial charge on any atom is 0.263 e. The van der Waals surface area contributed by atoms with E-state index in [-0.39, 0.29) is 22.2 Å². The van der Waals surface area contributed by atoms with Crippen LogP contribution in [-0.2, 0) is 4.79 Å². The Morgan fingerprint density at radius 3 is 2.61 bits per heavy atom. The van der Waals surface area contributed by atoms with E-state index in [9.17, 15) is 18.8 Å². The largest absolute Gasteiger partial charge is 0.326 e. The number of aromatic nitrogens is 2. The van der Waals surface area contributed by atoms with E-state index in [4.69, 9.17) is 0 Å². The molecule has 0 aliphatic rings. The van der Waals surface area contributed by atoms with Crippen LogP contribution >= 0.6 is 22.7 Å². The second-order valence-electron chi connectivity index (χ2n) is 6.46. The zero-order valence-corrected chi connectivity index (χ0v) is 17.7. The van der Waals surface area contributed by atoms with Crippen molar-refractivity contribution in [1.82, 2.24) is 9.97 Å². The molecule has 3 aromatic heterocycles. The molecule has 0 bridgehead atoms. The van der Waals surface area contributed by atoms with Crippen LogP contribution in [0.3, 0.4) is 0 Å². The van der Waals surface area contributed by atoms with Gasteiger partial charge in [-0.3, -0.25) is 19.7 Å². The Morgan fingerprint density at radius 1 is 1.10 bits per heavy atom. The molecule has 0 fully saturated rings. The summed E-state index contributed by atoms with van der Waals surface area (Å²) in [5.74, 6) is -1.47. The second kappa shape index (κ2) is 8.62. The fraction of sp³-hybridized carbons (Fsp3) is 0.0476. The number of nitrogens with zero attached hydrogens (tertiary/aromatic N) is 1. The van der Waals surface area contributed by atoms with Gasteiger partial charge in [0.15, 0.2) is 5.13 Å². The first-order chi connectivity index (χ1) is 14.9. The Balaban J connectivity index is 1.51. The van der Waals surface area contributed by atoms with Gasteiger partial charge in [0.2, 0.25) is 5.91 Å². The summed E-state index contributed by atoms with van der Waals surface area (Å²) in [6.07, 6.45) is 0. The van der Waals surface area contributed by atoms with Crippen LogP contribution in [0.4, 0.5) is 15.2 Å². The summed E-state index contributed by atoms with van der Waals surface area (Å²) in [5, 5.41) is 8.79. The normalized spacial score (nSPS) is 10.6. The molecule has 2 amide bonds. The van der Waals surface area contributed by atoms with Crippen molar-refractivity contribution < 1.29 is 14.0 Å². The number of pyridine rings is 1. The predicted molar refractivity (Wildman–Crippen MR) is 120 cm³/mol. The minimum Gasteiger partial charge on any atom is -0.326 e. The van der Waals surface area contributed by atoms with Gasteiger partial charge < -0.3 is 10.3 Å². The number of amides is 2. The lowest BCUT2D eigenvalue weighted by Gasteiger charge is -2.05. The molecule has 4 rings (SSSR count). The topological polar surface area (TPSA) is 104 Å². The van der Waals surface area contributed by atoms with E-state index in [2.05, 4.69) is 20.6 Å². The molecule has 0 aliphatic heterocycles. The number of rotatable bonds is 5. The first kappa shape index (κ1) is 20.6. The first-order valence-electron chi connectivity index (χ1n) is 9.02. The van der Waals surface area contributed by atoms with Gasteiger partial charge in [0, 0.05) is 23.6 Å². The molecule has 1 aromatic carbocycles. The molecule has 31 heavy (non-hydrogen) atoms. The number of nitrogens with one attached hydrogen (secondary N) is 3. The predicted octanol–water partition coefficient (Wildman–Crippen LogP) is 4.58. The third kappa shape index (κ3) is 4.60. The zero-order valence-electron chi connectivity index (χ0n) is 16.1. The minimum absolute atomic E-state index is 0.0529. The third-order valence-electron chi connectivity index (χ3n) is 4.23. The van der Waals surface area contributed by atoms with Gasteiger partial charge in [0.25, 0.3) is 11.5 Å². The number of hydrogen-bond acceptors (Lipinski definition) is 6. The molecule has 156 valence electrons. The SMILES string of the molecule is CC(=O)Nc1ccc(-c2csc(NC(=O)c3ccc(-c4cccs4)[nH]c3=O)n2)c(F)c1. The van der Waals surface area contributed by atoms with Crippen molar-refractivity contribution in [2.24, 2.45) is 0 Å². The highest BCUT2D eigenvalue weighted by atomic mass is 32.1. The number of carbonyl (C=O) groups is 2. The van der Waals surface area contributed by atoms with E-state index >= 15 is 0 Å². The Morgan fingerprint density at radius 2 is 1.94 bits per heavy atom. The van der Waals surface area contributed by atoms with Crippen LogP contribution in [0.5, 0.6) is 0 Å². The number of carbonyl (C=O) groups excluding carboxylic acids is 2. The maximum atomic E-state index is 14.4. The van der Waals surface area contributed by atoms with Crippen molar-refractivity contribution in [3.05, 3.63) is 75.0 Å². The number of hydrogen-bond donors (Lipinski definition) is 3. The van der Waals surface area contributed by atoms with Crippen LogP contribution in [0.1, 0.15) is 17.3 Å². The number of H-pyrrole nitrogens is 1. The van der Waals surface area contributed by atoms with Crippen molar-refractivity contribution in [2.75, 3.05) is 10.6 Å². The maximum absolute atomic E-state index is 14.4. The second-order valence-corrected chi connectivity index (χ2v) is 8.27. The molecule has 10 heteroatoms. The molecule has 0 unspecified atom stereocenters. The van der Waals surface area contributed by atoms with Gasteiger partial charge in [-0.25, -0.2) is 9.37 Å². The van der Waals surface area contributed by atoms with Gasteiger partial charge in [-0.05, 0) is 41.8 Å². The van der Waals surface area contributed by atoms with E-state index in [1.807, 2.05) is 17.5 Å². The van der Waals surface area contributed by atoms with Gasteiger partial charge >= 0.3 is 0 Å². The molecule has 3 N–H and O–H groups in total. The van der Waals surface area contributed by atoms with E-state index < -0.39 is 17.3 Å². The monoisotopic (exact) mass is 454 g/mol. The average molecular weight is 455 g/mol. The number of thiophene rings is 1. The van der Waals surface area contributed by atoms with Gasteiger partial charge in [0.05, 0.1) is 16.3 Å². The Kier molecular flexibility index (Phi) is 5.74. The number of thiazole rings is 1. The summed E-state index contributed by atoms with van der Waals surface area (Å²) >= 11 is 2.58. The highest BCUT2D eigenvalue weighted by Gasteiger charge is 2.16. The number of aromatic amines is 1. The molecular weight excluding hydrogens is 439 g/mol. The molecule has 0 spiro atoms. The standard InChI is InChI=1S/C21H15FN4O3S2/c1-11(27)23-12-4-5-13(15(22)9-12)17-10-31-21(25-17)26-20(29)14-6-7-16(24-19(14)28)18-3-2-8-30-18/h2-10H,1H3,(H,23,27)(H,24,28)(H,25,26,29). The summed E-state index contributed by atoms with van der Waals surface area (Å²) in [7, 11) is 0. The van der Waals surface area contributed by atoms with Crippen LogP contribution < -0.4 is 16.2 Å². The van der Waals surface area contributed by atoms with Gasteiger partial charge in [-0.2, -0.15) is 0 Å². The lowest BCUT2D eigenvalue weighted by molar-refractivity contribution is -0.114. The van der Waals surface area contributed by atoms with E-state index in [0.29, 0.717) is 17.1 Å². The van der Waals surface area contributed by atoms with Crippen LogP contribution in [0, 0.1) is 5.82 Å². The molecule has 0 radical (unpaired) electrons. The smallest absolute Gasteiger partial charge is 0.263 e. The molecule has 0 atom stereocenters. The fourth-order valence-electron chi connectivity index (χ4n) is 2.85. The van der Waals surface area contributed by atoms with Crippen LogP contribution in [0.2, 0.25) is 0 Å². The van der Waals surface area contributed by atoms with Crippen molar-refractivity contribution >= 4 is 45.3 Å². The number of anilines is 2. The number of benzene rings is 1. The highest BCUT2D eigenvalue weighted by molar-refractivity contribution is 7.14. The Bertz CT molecular complexity index is 1330. The zero-order chi connectivity index (χ0) is 22.0. The van der Waals surface area contributed by atoms with Crippen molar-refractivity contribution in [1.29, 1.82) is 0 Å². The summed E-state index contributed by atoms with van der Waals surface area (Å²) in [5.41, 5.74) is 0.954. The highest BCUT2D eigenvalue weighted by Crippen LogP contribution is 2.29. The molecule has 0 aliphatic carbocycles. The first-order valence-corrected chi connectivity index (χ1v) is 10.8. The Hall–Kier alpha value is -3.63. The molecule has 0 saturated heterocycles. The van der Waals surface area contributed by atoms with Gasteiger partial charge in [-0.15, -0.1) is 22.7 Å². The van der Waals surface area contributed by atoms with Crippen LogP contribution in [0.25, 0.3) is 21.8 Å². The van der Waals surface area contributed by atoms with Crippen LogP contribution in [0.15, 0.2) is 58.0 Å². The van der Waals surface area contributed by atoms with Crippen molar-refractivity contribution in [2.45, 2.75) is 6.92 Å². The third-order valence-corrected chi connectivity index (χ3v) is 5.89. The van der Waals surface area contributed by atoms with Crippen molar-refractivity contribution in [3.63, 3.8) is 0 Å². The molecule has 3 heterocycles. The number of halogens is 1. The molecule has 4 aromatic rings. The van der Waals surface area contributed by atoms with Gasteiger partial charge in [0.1, 0.15) is 11.4 Å². The summed E-state index contributed by atoms with van der Waals surface area (Å²) in [6, 6.07) is 11.1. The van der Waals surface area contributed by atoms with E-state index in [1.54, 1.807) is 17.5 Å².